The molecule has 0 aromatic heterocycles. The third-order valence-corrected chi connectivity index (χ3v) is 4.83. The average molecular weight is 350 g/mol. The molecule has 128 valence electrons. The molecule has 1 fully saturated rings. The van der Waals surface area contributed by atoms with Gasteiger partial charge in [0.05, 0.1) is 10.9 Å². The maximum absolute atomic E-state index is 12.5. The molecule has 0 bridgehead atoms. The monoisotopic (exact) mass is 350 g/mol. The van der Waals surface area contributed by atoms with E-state index in [2.05, 4.69) is 5.32 Å². The van der Waals surface area contributed by atoms with E-state index in [1.165, 1.54) is 6.92 Å². The fourth-order valence-corrected chi connectivity index (χ4v) is 3.49. The number of carboxylic acid groups (broad SMARTS) is 1. The number of rotatable bonds is 6. The van der Waals surface area contributed by atoms with Crippen LogP contribution < -0.4 is 10.2 Å². The predicted octanol–water partition coefficient (Wildman–Crippen LogP) is 0.949. The minimum Gasteiger partial charge on any atom is -0.480 e. The van der Waals surface area contributed by atoms with Crippen molar-refractivity contribution in [2.45, 2.75) is 31.6 Å². The zero-order valence-electron chi connectivity index (χ0n) is 13.3. The lowest BCUT2D eigenvalue weighted by atomic mass is 10.2. The molecular formula is C16H18N2O5S. The molecule has 1 aliphatic heterocycles. The lowest BCUT2D eigenvalue weighted by Gasteiger charge is -2.16. The molecule has 0 spiro atoms. The van der Waals surface area contributed by atoms with Crippen LogP contribution in [0.3, 0.4) is 0 Å². The van der Waals surface area contributed by atoms with Gasteiger partial charge in [-0.3, -0.25) is 14.4 Å². The quantitative estimate of drug-likeness (QED) is 0.740. The molecular weight excluding hydrogens is 332 g/mol. The number of imide groups is 1. The molecule has 3 amide bonds. The second kappa shape index (κ2) is 7.48. The maximum Gasteiger partial charge on any atom is 0.327 e. The van der Waals surface area contributed by atoms with Gasteiger partial charge in [0.25, 0.3) is 0 Å². The zero-order chi connectivity index (χ0) is 17.9. The van der Waals surface area contributed by atoms with E-state index in [4.69, 9.17) is 5.11 Å². The summed E-state index contributed by atoms with van der Waals surface area (Å²) < 4.78 is 0. The van der Waals surface area contributed by atoms with E-state index in [-0.39, 0.29) is 24.0 Å². The highest BCUT2D eigenvalue weighted by Gasteiger charge is 2.40. The van der Waals surface area contributed by atoms with Crippen molar-refractivity contribution in [1.82, 2.24) is 5.32 Å². The first-order chi connectivity index (χ1) is 11.3. The zero-order valence-corrected chi connectivity index (χ0v) is 14.1. The van der Waals surface area contributed by atoms with Crippen LogP contribution in [0.5, 0.6) is 0 Å². The molecule has 8 heteroatoms. The predicted molar refractivity (Wildman–Crippen MR) is 89.8 cm³/mol. The Morgan fingerprint density at radius 1 is 1.33 bits per heavy atom. The number of hydrogen-bond donors (Lipinski definition) is 2. The van der Waals surface area contributed by atoms with E-state index in [0.717, 1.165) is 22.2 Å². The lowest BCUT2D eigenvalue weighted by molar-refractivity contribution is -0.140. The summed E-state index contributed by atoms with van der Waals surface area (Å²) in [5.41, 5.74) is 1.53. The summed E-state index contributed by atoms with van der Waals surface area (Å²) in [6.45, 7) is 3.13. The number of carbonyl (C=O) groups excluding carboxylic acids is 3. The van der Waals surface area contributed by atoms with E-state index < -0.39 is 23.2 Å². The Kier molecular flexibility index (Phi) is 5.61. The van der Waals surface area contributed by atoms with Gasteiger partial charge in [-0.1, -0.05) is 17.7 Å². The maximum atomic E-state index is 12.5. The molecule has 1 aromatic rings. The number of carbonyl (C=O) groups is 4. The number of amides is 3. The van der Waals surface area contributed by atoms with Gasteiger partial charge in [0.15, 0.2) is 0 Å². The van der Waals surface area contributed by atoms with Crippen LogP contribution >= 0.6 is 11.8 Å². The molecule has 7 nitrogen and oxygen atoms in total. The smallest absolute Gasteiger partial charge is 0.327 e. The van der Waals surface area contributed by atoms with Crippen molar-refractivity contribution in [3.05, 3.63) is 29.8 Å². The average Bonchev–Trinajstić information content (AvgIpc) is 2.78. The normalized spacial score (nSPS) is 18.6. The summed E-state index contributed by atoms with van der Waals surface area (Å²) in [5, 5.41) is 10.7. The number of aliphatic carboxylic acids is 1. The van der Waals surface area contributed by atoms with Gasteiger partial charge in [-0.05, 0) is 19.1 Å². The molecule has 1 saturated heterocycles. The van der Waals surface area contributed by atoms with Crippen LogP contribution in [0.25, 0.3) is 0 Å². The third-order valence-electron chi connectivity index (χ3n) is 3.54. The number of hydrogen-bond acceptors (Lipinski definition) is 5. The Bertz CT molecular complexity index is 674. The summed E-state index contributed by atoms with van der Waals surface area (Å²) in [5.74, 6) is -2.29. The van der Waals surface area contributed by atoms with Crippen LogP contribution in [-0.2, 0) is 19.2 Å². The van der Waals surface area contributed by atoms with Crippen molar-refractivity contribution < 1.29 is 24.3 Å². The van der Waals surface area contributed by atoms with Crippen molar-refractivity contribution in [2.75, 3.05) is 10.7 Å². The van der Waals surface area contributed by atoms with Gasteiger partial charge in [-0.2, -0.15) is 0 Å². The third kappa shape index (κ3) is 4.14. The molecule has 1 heterocycles. The van der Waals surface area contributed by atoms with Crippen LogP contribution in [0.4, 0.5) is 5.69 Å². The minimum absolute atomic E-state index is 0.0142. The molecule has 1 aliphatic rings. The fraction of sp³-hybridized carbons (Fsp3) is 0.375. The van der Waals surface area contributed by atoms with Gasteiger partial charge in [0.2, 0.25) is 17.7 Å². The molecule has 2 atom stereocenters. The van der Waals surface area contributed by atoms with Gasteiger partial charge in [-0.25, -0.2) is 9.69 Å². The summed E-state index contributed by atoms with van der Waals surface area (Å²) >= 11 is 1.07. The van der Waals surface area contributed by atoms with E-state index in [1.54, 1.807) is 12.1 Å². The van der Waals surface area contributed by atoms with Crippen molar-refractivity contribution in [1.29, 1.82) is 0 Å². The van der Waals surface area contributed by atoms with Gasteiger partial charge < -0.3 is 10.4 Å². The molecule has 1 aromatic carbocycles. The Morgan fingerprint density at radius 2 is 1.96 bits per heavy atom. The largest absolute Gasteiger partial charge is 0.480 e. The summed E-state index contributed by atoms with van der Waals surface area (Å²) in [6, 6.07) is 5.94. The van der Waals surface area contributed by atoms with Crippen LogP contribution in [0.15, 0.2) is 24.3 Å². The Morgan fingerprint density at radius 3 is 2.50 bits per heavy atom. The second-order valence-corrected chi connectivity index (χ2v) is 6.76. The number of benzene rings is 1. The van der Waals surface area contributed by atoms with Crippen molar-refractivity contribution in [3.63, 3.8) is 0 Å². The highest BCUT2D eigenvalue weighted by molar-refractivity contribution is 8.00. The van der Waals surface area contributed by atoms with Gasteiger partial charge in [0.1, 0.15) is 6.04 Å². The molecule has 0 aliphatic carbocycles. The number of nitrogens with one attached hydrogen (secondary N) is 1. The highest BCUT2D eigenvalue weighted by atomic mass is 32.2. The van der Waals surface area contributed by atoms with Crippen molar-refractivity contribution >= 4 is 41.1 Å². The standard InChI is InChI=1S/C16H18N2O5S/c1-9-3-5-11(6-4-9)18-14(20)7-13(15(18)21)24-8-12(16(22)23)17-10(2)19/h3-6,12-13H,7-8H2,1-2H3,(H,17,19)(H,22,23). The van der Waals surface area contributed by atoms with Gasteiger partial charge in [0, 0.05) is 19.1 Å². The molecule has 2 rings (SSSR count). The summed E-state index contributed by atoms with van der Waals surface area (Å²) in [4.78, 5) is 47.9. The van der Waals surface area contributed by atoms with E-state index in [1.807, 2.05) is 19.1 Å². The first-order valence-corrected chi connectivity index (χ1v) is 8.39. The fourth-order valence-electron chi connectivity index (χ4n) is 2.33. The van der Waals surface area contributed by atoms with Crippen LogP contribution in [0, 0.1) is 6.92 Å². The van der Waals surface area contributed by atoms with Gasteiger partial charge in [-0.15, -0.1) is 11.8 Å². The van der Waals surface area contributed by atoms with Gasteiger partial charge >= 0.3 is 5.97 Å². The van der Waals surface area contributed by atoms with E-state index in [0.29, 0.717) is 5.69 Å². The van der Waals surface area contributed by atoms with Crippen LogP contribution in [0.2, 0.25) is 0 Å². The SMILES string of the molecule is CC(=O)NC(CSC1CC(=O)N(c2ccc(C)cc2)C1=O)C(=O)O. The molecule has 0 radical (unpaired) electrons. The minimum atomic E-state index is -1.18. The lowest BCUT2D eigenvalue weighted by Crippen LogP contribution is -2.42. The number of aryl methyl sites for hydroxylation is 1. The number of nitrogens with zero attached hydrogens (tertiary/aromatic N) is 1. The summed E-state index contributed by atoms with van der Waals surface area (Å²) in [6.07, 6.45) is 0.0176. The van der Waals surface area contributed by atoms with Crippen molar-refractivity contribution in [3.8, 4) is 0 Å². The van der Waals surface area contributed by atoms with Crippen LogP contribution in [0.1, 0.15) is 18.9 Å². The second-order valence-electron chi connectivity index (χ2n) is 5.52. The topological polar surface area (TPSA) is 104 Å². The Balaban J connectivity index is 2.04. The highest BCUT2D eigenvalue weighted by Crippen LogP contribution is 2.30. The molecule has 0 saturated carbocycles. The molecule has 2 unspecified atom stereocenters. The van der Waals surface area contributed by atoms with Crippen molar-refractivity contribution in [2.24, 2.45) is 0 Å². The number of carboxylic acids is 1. The van der Waals surface area contributed by atoms with E-state index >= 15 is 0 Å². The first-order valence-electron chi connectivity index (χ1n) is 7.34. The Hall–Kier alpha value is -2.35. The summed E-state index contributed by atoms with van der Waals surface area (Å²) in [7, 11) is 0. The molecule has 2 N–H and O–H groups in total. The van der Waals surface area contributed by atoms with E-state index in [9.17, 15) is 19.2 Å². The Labute approximate surface area is 143 Å². The molecule has 24 heavy (non-hydrogen) atoms. The number of thioether (sulfide) groups is 1. The van der Waals surface area contributed by atoms with Crippen LogP contribution in [-0.4, -0.2) is 45.8 Å². The first kappa shape index (κ1) is 18.0. The number of anilines is 1.